The van der Waals surface area contributed by atoms with Gasteiger partial charge in [-0.25, -0.2) is 19.9 Å². The van der Waals surface area contributed by atoms with E-state index in [0.717, 1.165) is 25.5 Å². The van der Waals surface area contributed by atoms with Gasteiger partial charge < -0.3 is 15.0 Å². The van der Waals surface area contributed by atoms with Crippen molar-refractivity contribution in [2.75, 3.05) is 19.0 Å². The number of fused-ring (bicyclic) bond motifs is 3. The minimum atomic E-state index is -4.55. The van der Waals surface area contributed by atoms with Crippen LogP contribution in [0, 0.1) is 5.92 Å². The minimum Gasteiger partial charge on any atom is -0.496 e. The molecule has 6 rings (SSSR count). The van der Waals surface area contributed by atoms with Crippen LogP contribution in [0.2, 0.25) is 0 Å². The van der Waals surface area contributed by atoms with Gasteiger partial charge in [0.25, 0.3) is 5.91 Å². The van der Waals surface area contributed by atoms with Crippen LogP contribution in [0.1, 0.15) is 35.3 Å². The molecule has 182 valence electrons. The van der Waals surface area contributed by atoms with Gasteiger partial charge in [-0.1, -0.05) is 12.1 Å². The molecule has 2 saturated heterocycles. The lowest BCUT2D eigenvalue weighted by molar-refractivity contribution is -0.141. The monoisotopic (exact) mass is 484 g/mol. The van der Waals surface area contributed by atoms with Crippen molar-refractivity contribution in [3.8, 4) is 17.1 Å². The molecule has 11 heteroatoms. The van der Waals surface area contributed by atoms with Crippen molar-refractivity contribution in [3.05, 3.63) is 60.3 Å². The molecule has 4 heterocycles. The van der Waals surface area contributed by atoms with E-state index in [1.165, 1.54) is 7.11 Å². The van der Waals surface area contributed by atoms with E-state index < -0.39 is 11.9 Å². The number of hydrogen-bond donors (Lipinski definition) is 1. The quantitative estimate of drug-likeness (QED) is 0.584. The summed E-state index contributed by atoms with van der Waals surface area (Å²) < 4.78 is 44.0. The summed E-state index contributed by atoms with van der Waals surface area (Å²) in [5.41, 5.74) is -0.0758. The van der Waals surface area contributed by atoms with Gasteiger partial charge in [0.15, 0.2) is 11.5 Å². The van der Waals surface area contributed by atoms with Gasteiger partial charge in [-0.05, 0) is 37.3 Å². The number of amides is 1. The number of piperidine rings is 2. The molecule has 3 unspecified atom stereocenters. The van der Waals surface area contributed by atoms with Gasteiger partial charge in [0.05, 0.1) is 31.1 Å². The van der Waals surface area contributed by atoms with Crippen molar-refractivity contribution in [1.29, 1.82) is 0 Å². The zero-order valence-corrected chi connectivity index (χ0v) is 18.9. The number of hydrogen-bond acceptors (Lipinski definition) is 7. The van der Waals surface area contributed by atoms with Gasteiger partial charge in [0.1, 0.15) is 11.6 Å². The first-order valence-electron chi connectivity index (χ1n) is 11.3. The van der Waals surface area contributed by atoms with E-state index in [-0.39, 0.29) is 29.7 Å². The molecule has 0 spiro atoms. The van der Waals surface area contributed by atoms with Crippen LogP contribution in [-0.4, -0.2) is 56.5 Å². The Morgan fingerprint density at radius 2 is 1.89 bits per heavy atom. The van der Waals surface area contributed by atoms with Crippen LogP contribution in [0.5, 0.6) is 5.75 Å². The third-order valence-corrected chi connectivity index (χ3v) is 6.58. The topological polar surface area (TPSA) is 93.1 Å². The van der Waals surface area contributed by atoms with E-state index in [1.54, 1.807) is 36.7 Å². The molecule has 1 amide bonds. The summed E-state index contributed by atoms with van der Waals surface area (Å²) in [4.78, 5) is 31.8. The third kappa shape index (κ3) is 4.50. The van der Waals surface area contributed by atoms with E-state index in [2.05, 4.69) is 25.3 Å². The molecule has 3 atom stereocenters. The Morgan fingerprint density at radius 1 is 1.09 bits per heavy atom. The zero-order valence-electron chi connectivity index (χ0n) is 18.9. The summed E-state index contributed by atoms with van der Waals surface area (Å²) in [7, 11) is 1.51. The van der Waals surface area contributed by atoms with Crippen molar-refractivity contribution in [2.24, 2.45) is 5.92 Å². The lowest BCUT2D eigenvalue weighted by atomic mass is 9.76. The van der Waals surface area contributed by atoms with E-state index in [9.17, 15) is 18.0 Å². The maximum atomic E-state index is 13.9. The van der Waals surface area contributed by atoms with Crippen LogP contribution >= 0.6 is 0 Å². The first kappa shape index (κ1) is 23.0. The number of methoxy groups -OCH3 is 1. The molecule has 1 aromatic carbocycles. The molecule has 3 fully saturated rings. The molecule has 2 aliphatic heterocycles. The van der Waals surface area contributed by atoms with Crippen molar-refractivity contribution in [2.45, 2.75) is 37.5 Å². The number of halogens is 3. The second-order valence-electron chi connectivity index (χ2n) is 8.69. The number of carbonyl (C=O) groups is 1. The lowest BCUT2D eigenvalue weighted by Crippen LogP contribution is -2.59. The maximum Gasteiger partial charge on any atom is 0.434 e. The number of alkyl halides is 3. The summed E-state index contributed by atoms with van der Waals surface area (Å²) in [5.74, 6) is 1.17. The predicted molar refractivity (Wildman–Crippen MR) is 121 cm³/mol. The fourth-order valence-corrected chi connectivity index (χ4v) is 5.01. The Balaban J connectivity index is 1.43. The average Bonchev–Trinajstić information content (AvgIpc) is 2.88. The van der Waals surface area contributed by atoms with E-state index in [0.29, 0.717) is 35.4 Å². The molecule has 35 heavy (non-hydrogen) atoms. The Kier molecular flexibility index (Phi) is 6.00. The third-order valence-electron chi connectivity index (χ3n) is 6.58. The van der Waals surface area contributed by atoms with Gasteiger partial charge in [0, 0.05) is 30.5 Å². The van der Waals surface area contributed by atoms with Crippen molar-refractivity contribution in [1.82, 2.24) is 24.8 Å². The number of nitrogens with one attached hydrogen (secondary N) is 1. The van der Waals surface area contributed by atoms with Crippen LogP contribution in [0.4, 0.5) is 19.0 Å². The Bertz CT molecular complexity index is 1210. The molecule has 3 aromatic rings. The zero-order chi connectivity index (χ0) is 24.6. The van der Waals surface area contributed by atoms with Crippen molar-refractivity contribution in [3.63, 3.8) is 0 Å². The average molecular weight is 484 g/mol. The predicted octanol–water partition coefficient (Wildman–Crippen LogP) is 4.07. The van der Waals surface area contributed by atoms with Gasteiger partial charge in [0.2, 0.25) is 0 Å². The molecule has 0 radical (unpaired) electrons. The molecular weight excluding hydrogens is 461 g/mol. The summed E-state index contributed by atoms with van der Waals surface area (Å²) in [5, 5.41) is 3.21. The van der Waals surface area contributed by atoms with Crippen LogP contribution in [0.3, 0.4) is 0 Å². The molecule has 1 aliphatic carbocycles. The Morgan fingerprint density at radius 3 is 2.54 bits per heavy atom. The van der Waals surface area contributed by atoms with E-state index >= 15 is 0 Å². The highest BCUT2D eigenvalue weighted by molar-refractivity contribution is 6.03. The van der Waals surface area contributed by atoms with Gasteiger partial charge in [-0.15, -0.1) is 0 Å². The van der Waals surface area contributed by atoms with Crippen LogP contribution in [0.15, 0.2) is 49.1 Å². The van der Waals surface area contributed by atoms with Gasteiger partial charge in [-0.3, -0.25) is 4.79 Å². The second kappa shape index (κ2) is 9.12. The SMILES string of the molecule is COc1cccc(-c2ncccn2)c1C(=O)N1CC2CCC1C(Nc1cnc(C(F)(F)F)cn1)C2. The number of nitrogens with zero attached hydrogens (tertiary/aromatic N) is 5. The Hall–Kier alpha value is -3.76. The maximum absolute atomic E-state index is 13.9. The Labute approximate surface area is 199 Å². The fraction of sp³-hybridized carbons (Fsp3) is 0.375. The first-order valence-corrected chi connectivity index (χ1v) is 11.3. The number of rotatable bonds is 5. The van der Waals surface area contributed by atoms with Crippen LogP contribution in [-0.2, 0) is 6.18 Å². The molecule has 8 nitrogen and oxygen atoms in total. The number of benzene rings is 1. The van der Waals surface area contributed by atoms with E-state index in [4.69, 9.17) is 4.74 Å². The minimum absolute atomic E-state index is 0.161. The standard InChI is InChI=1S/C24H23F3N6O2/c1-35-18-5-2-4-15(22-28-8-3-9-29-22)21(18)23(34)33-13-14-6-7-17(33)16(10-14)32-20-12-30-19(11-31-20)24(25,26)27/h2-5,8-9,11-12,14,16-17H,6-7,10,13H2,1H3,(H,31,32). The van der Waals surface area contributed by atoms with E-state index in [1.807, 2.05) is 4.90 Å². The summed E-state index contributed by atoms with van der Waals surface area (Å²) in [6.45, 7) is 0.591. The summed E-state index contributed by atoms with van der Waals surface area (Å²) in [6, 6.07) is 6.69. The number of carbonyl (C=O) groups excluding carboxylic acids is 1. The van der Waals surface area contributed by atoms with Crippen LogP contribution < -0.4 is 10.1 Å². The molecular formula is C24H23F3N6O2. The smallest absolute Gasteiger partial charge is 0.434 e. The molecule has 2 bridgehead atoms. The number of ether oxygens (including phenoxy) is 1. The highest BCUT2D eigenvalue weighted by atomic mass is 19.4. The molecule has 1 saturated carbocycles. The van der Waals surface area contributed by atoms with Crippen molar-refractivity contribution < 1.29 is 22.7 Å². The van der Waals surface area contributed by atoms with Gasteiger partial charge in [-0.2, -0.15) is 13.2 Å². The largest absolute Gasteiger partial charge is 0.496 e. The second-order valence-corrected chi connectivity index (χ2v) is 8.69. The number of anilines is 1. The fourth-order valence-electron chi connectivity index (χ4n) is 5.01. The number of aromatic nitrogens is 4. The normalized spacial score (nSPS) is 21.6. The highest BCUT2D eigenvalue weighted by Gasteiger charge is 2.44. The van der Waals surface area contributed by atoms with Crippen molar-refractivity contribution >= 4 is 11.7 Å². The summed E-state index contributed by atoms with van der Waals surface area (Å²) >= 11 is 0. The molecule has 3 aliphatic rings. The first-order chi connectivity index (χ1) is 16.8. The van der Waals surface area contributed by atoms with Gasteiger partial charge >= 0.3 is 6.18 Å². The molecule has 1 N–H and O–H groups in total. The summed E-state index contributed by atoms with van der Waals surface area (Å²) in [6.07, 6.45) is 3.02. The van der Waals surface area contributed by atoms with Crippen LogP contribution in [0.25, 0.3) is 11.4 Å². The highest BCUT2D eigenvalue weighted by Crippen LogP contribution is 2.39. The lowest BCUT2D eigenvalue weighted by Gasteiger charge is -2.50. The molecule has 2 aromatic heterocycles.